The molecule has 1 aromatic carbocycles. The predicted molar refractivity (Wildman–Crippen MR) is 88.4 cm³/mol. The third-order valence-electron chi connectivity index (χ3n) is 3.28. The number of carbonyl (C=O) groups is 1. The van der Waals surface area contributed by atoms with Crippen molar-refractivity contribution in [3.05, 3.63) is 29.3 Å². The van der Waals surface area contributed by atoms with Crippen molar-refractivity contribution in [1.29, 1.82) is 0 Å². The summed E-state index contributed by atoms with van der Waals surface area (Å²) in [6.07, 6.45) is 3.75. The van der Waals surface area contributed by atoms with Gasteiger partial charge in [0.1, 0.15) is 6.10 Å². The molecule has 0 bridgehead atoms. The van der Waals surface area contributed by atoms with Gasteiger partial charge in [-0.25, -0.2) is 4.99 Å². The average Bonchev–Trinajstić information content (AvgIpc) is 2.47. The Bertz CT molecular complexity index is 511. The fourth-order valence-corrected chi connectivity index (χ4v) is 3.03. The van der Waals surface area contributed by atoms with Gasteiger partial charge in [0.05, 0.1) is 5.69 Å². The molecule has 4 nitrogen and oxygen atoms in total. The molecule has 0 unspecified atom stereocenters. The lowest BCUT2D eigenvalue weighted by Crippen LogP contribution is -2.40. The first-order valence-corrected chi connectivity index (χ1v) is 8.49. The molecule has 1 aliphatic heterocycles. The second-order valence-electron chi connectivity index (χ2n) is 4.87. The molecule has 6 heteroatoms. The molecule has 1 fully saturated rings. The molecule has 114 valence electrons. The molecule has 2 rings (SSSR count). The molecule has 0 aliphatic carbocycles. The van der Waals surface area contributed by atoms with Crippen LogP contribution in [-0.4, -0.2) is 41.5 Å². The maximum Gasteiger partial charge on any atom is 0.302 e. The van der Waals surface area contributed by atoms with Gasteiger partial charge in [-0.15, -0.1) is 0 Å². The monoisotopic (exact) mass is 326 g/mol. The van der Waals surface area contributed by atoms with Gasteiger partial charge in [0.25, 0.3) is 0 Å². The largest absolute Gasteiger partial charge is 0.462 e. The molecule has 0 amide bonds. The van der Waals surface area contributed by atoms with E-state index in [0.29, 0.717) is 5.02 Å². The summed E-state index contributed by atoms with van der Waals surface area (Å²) in [4.78, 5) is 17.9. The van der Waals surface area contributed by atoms with Crippen LogP contribution in [-0.2, 0) is 9.53 Å². The predicted octanol–water partition coefficient (Wildman–Crippen LogP) is 3.72. The molecule has 0 atom stereocenters. The number of thioether (sulfide) groups is 1. The van der Waals surface area contributed by atoms with E-state index in [1.54, 1.807) is 11.8 Å². The molecular weight excluding hydrogens is 308 g/mol. The van der Waals surface area contributed by atoms with Crippen LogP contribution in [0.15, 0.2) is 29.3 Å². The Kier molecular flexibility index (Phi) is 5.94. The molecule has 21 heavy (non-hydrogen) atoms. The number of nitrogens with zero attached hydrogens (tertiary/aromatic N) is 2. The van der Waals surface area contributed by atoms with Crippen LogP contribution in [0.5, 0.6) is 0 Å². The second-order valence-corrected chi connectivity index (χ2v) is 6.08. The van der Waals surface area contributed by atoms with E-state index >= 15 is 0 Å². The Balaban J connectivity index is 1.99. The molecule has 1 saturated heterocycles. The Labute approximate surface area is 134 Å². The molecule has 1 aliphatic rings. The standard InChI is InChI=1S/C15H19ClN2O2S/c1-11(19)20-14-7-9-18(10-8-14)15(21-2)17-13-5-3-12(16)4-6-13/h3-6,14H,7-10H2,1-2H3. The molecule has 1 heterocycles. The summed E-state index contributed by atoms with van der Waals surface area (Å²) in [7, 11) is 0. The molecule has 0 spiro atoms. The number of likely N-dealkylation sites (tertiary alicyclic amines) is 1. The number of aliphatic imine (C=N–C) groups is 1. The number of benzene rings is 1. The van der Waals surface area contributed by atoms with Crippen LogP contribution in [0.2, 0.25) is 5.02 Å². The van der Waals surface area contributed by atoms with Crippen molar-refractivity contribution < 1.29 is 9.53 Å². The zero-order chi connectivity index (χ0) is 15.2. The van der Waals surface area contributed by atoms with Crippen LogP contribution in [0, 0.1) is 0 Å². The van der Waals surface area contributed by atoms with Crippen molar-refractivity contribution in [2.24, 2.45) is 4.99 Å². The van der Waals surface area contributed by atoms with Gasteiger partial charge in [-0.2, -0.15) is 0 Å². The highest BCUT2D eigenvalue weighted by atomic mass is 35.5. The van der Waals surface area contributed by atoms with E-state index in [-0.39, 0.29) is 12.1 Å². The van der Waals surface area contributed by atoms with Gasteiger partial charge in [-0.3, -0.25) is 4.79 Å². The molecular formula is C15H19ClN2O2S. The van der Waals surface area contributed by atoms with E-state index in [4.69, 9.17) is 16.3 Å². The fraction of sp³-hybridized carbons (Fsp3) is 0.467. The number of hydrogen-bond donors (Lipinski definition) is 0. The minimum Gasteiger partial charge on any atom is -0.462 e. The summed E-state index contributed by atoms with van der Waals surface area (Å²) in [5.74, 6) is -0.201. The summed E-state index contributed by atoms with van der Waals surface area (Å²) in [5, 5.41) is 1.69. The third kappa shape index (κ3) is 4.93. The van der Waals surface area contributed by atoms with Gasteiger partial charge in [-0.05, 0) is 30.5 Å². The zero-order valence-electron chi connectivity index (χ0n) is 12.2. The normalized spacial score (nSPS) is 16.9. The van der Waals surface area contributed by atoms with Gasteiger partial charge >= 0.3 is 5.97 Å². The van der Waals surface area contributed by atoms with Gasteiger partial charge in [0, 0.05) is 37.9 Å². The maximum atomic E-state index is 11.0. The summed E-state index contributed by atoms with van der Waals surface area (Å²) >= 11 is 7.51. The third-order valence-corrected chi connectivity index (χ3v) is 4.25. The van der Waals surface area contributed by atoms with Crippen molar-refractivity contribution >= 4 is 40.2 Å². The minimum absolute atomic E-state index is 0.0392. The van der Waals surface area contributed by atoms with Crippen LogP contribution >= 0.6 is 23.4 Å². The van der Waals surface area contributed by atoms with Crippen LogP contribution in [0.4, 0.5) is 5.69 Å². The van der Waals surface area contributed by atoms with Crippen molar-refractivity contribution in [2.45, 2.75) is 25.9 Å². The smallest absolute Gasteiger partial charge is 0.302 e. The highest BCUT2D eigenvalue weighted by Gasteiger charge is 2.23. The first kappa shape index (κ1) is 16.2. The van der Waals surface area contributed by atoms with E-state index in [2.05, 4.69) is 9.89 Å². The van der Waals surface area contributed by atoms with E-state index < -0.39 is 0 Å². The Morgan fingerprint density at radius 2 is 1.95 bits per heavy atom. The number of piperidine rings is 1. The van der Waals surface area contributed by atoms with E-state index in [9.17, 15) is 4.79 Å². The summed E-state index contributed by atoms with van der Waals surface area (Å²) < 4.78 is 5.26. The van der Waals surface area contributed by atoms with Crippen molar-refractivity contribution in [1.82, 2.24) is 4.90 Å². The van der Waals surface area contributed by atoms with Crippen molar-refractivity contribution in [3.8, 4) is 0 Å². The Hall–Kier alpha value is -1.20. The van der Waals surface area contributed by atoms with Gasteiger partial charge in [0.2, 0.25) is 0 Å². The van der Waals surface area contributed by atoms with E-state index in [1.807, 2.05) is 30.5 Å². The first-order chi connectivity index (χ1) is 10.1. The molecule has 0 aromatic heterocycles. The highest BCUT2D eigenvalue weighted by Crippen LogP contribution is 2.22. The SMILES string of the molecule is CSC(=Nc1ccc(Cl)cc1)N1CCC(OC(C)=O)CC1. The zero-order valence-corrected chi connectivity index (χ0v) is 13.8. The van der Waals surface area contributed by atoms with Crippen molar-refractivity contribution in [3.63, 3.8) is 0 Å². The number of hydrogen-bond acceptors (Lipinski definition) is 4. The lowest BCUT2D eigenvalue weighted by molar-refractivity contribution is -0.147. The van der Waals surface area contributed by atoms with Gasteiger partial charge in [-0.1, -0.05) is 23.4 Å². The quantitative estimate of drug-likeness (QED) is 0.472. The second kappa shape index (κ2) is 7.71. The van der Waals surface area contributed by atoms with Crippen LogP contribution in [0.3, 0.4) is 0 Å². The number of rotatable bonds is 2. The fourth-order valence-electron chi connectivity index (χ4n) is 2.27. The molecule has 0 N–H and O–H groups in total. The Morgan fingerprint density at radius 1 is 1.33 bits per heavy atom. The van der Waals surface area contributed by atoms with E-state index in [1.165, 1.54) is 6.92 Å². The van der Waals surface area contributed by atoms with Crippen molar-refractivity contribution in [2.75, 3.05) is 19.3 Å². The van der Waals surface area contributed by atoms with Crippen LogP contribution in [0.25, 0.3) is 0 Å². The molecule has 1 aromatic rings. The van der Waals surface area contributed by atoms with E-state index in [0.717, 1.165) is 36.8 Å². The van der Waals surface area contributed by atoms with Crippen LogP contribution < -0.4 is 0 Å². The number of carbonyl (C=O) groups excluding carboxylic acids is 1. The number of esters is 1. The summed E-state index contributed by atoms with van der Waals surface area (Å²) in [6.45, 7) is 3.16. The first-order valence-electron chi connectivity index (χ1n) is 6.89. The highest BCUT2D eigenvalue weighted by molar-refractivity contribution is 8.13. The van der Waals surface area contributed by atoms with Gasteiger partial charge < -0.3 is 9.64 Å². The number of ether oxygens (including phenoxy) is 1. The number of halogens is 1. The minimum atomic E-state index is -0.201. The lowest BCUT2D eigenvalue weighted by atomic mass is 10.1. The molecule has 0 radical (unpaired) electrons. The lowest BCUT2D eigenvalue weighted by Gasteiger charge is -2.33. The maximum absolute atomic E-state index is 11.0. The van der Waals surface area contributed by atoms with Gasteiger partial charge in [0.15, 0.2) is 5.17 Å². The number of amidine groups is 1. The topological polar surface area (TPSA) is 41.9 Å². The van der Waals surface area contributed by atoms with Crippen LogP contribution in [0.1, 0.15) is 19.8 Å². The summed E-state index contributed by atoms with van der Waals surface area (Å²) in [6, 6.07) is 7.49. The molecule has 0 saturated carbocycles. The Morgan fingerprint density at radius 3 is 2.48 bits per heavy atom. The average molecular weight is 327 g/mol. The summed E-state index contributed by atoms with van der Waals surface area (Å²) in [5.41, 5.74) is 0.894.